The molecule has 1 aliphatic heterocycles. The van der Waals surface area contributed by atoms with Crippen LogP contribution in [-0.4, -0.2) is 18.5 Å². The van der Waals surface area contributed by atoms with Crippen LogP contribution in [-0.2, 0) is 11.3 Å². The number of fused-ring (bicyclic) bond motifs is 1. The van der Waals surface area contributed by atoms with Gasteiger partial charge in [-0.3, -0.25) is 4.79 Å². The Morgan fingerprint density at radius 2 is 1.87 bits per heavy atom. The second-order valence-corrected chi connectivity index (χ2v) is 5.58. The van der Waals surface area contributed by atoms with Crippen molar-refractivity contribution in [1.82, 2.24) is 0 Å². The number of carbonyl (C=O) groups is 2. The highest BCUT2D eigenvalue weighted by Gasteiger charge is 2.27. The summed E-state index contributed by atoms with van der Waals surface area (Å²) < 4.78 is 5.19. The molecule has 2 aromatic carbocycles. The van der Waals surface area contributed by atoms with Crippen LogP contribution in [0.15, 0.2) is 48.5 Å². The van der Waals surface area contributed by atoms with Crippen molar-refractivity contribution in [1.29, 1.82) is 0 Å². The molecule has 2 aromatic rings. The van der Waals surface area contributed by atoms with Gasteiger partial charge in [-0.15, -0.1) is 0 Å². The van der Waals surface area contributed by atoms with Crippen LogP contribution in [0.2, 0.25) is 0 Å². The molecule has 0 spiro atoms. The number of anilines is 1. The molecule has 4 heteroatoms. The maximum absolute atomic E-state index is 12.4. The van der Waals surface area contributed by atoms with E-state index in [0.29, 0.717) is 18.7 Å². The molecule has 1 amide bonds. The predicted octanol–water partition coefficient (Wildman–Crippen LogP) is 3.80. The van der Waals surface area contributed by atoms with E-state index in [4.69, 9.17) is 4.74 Å². The van der Waals surface area contributed by atoms with Crippen LogP contribution in [0.3, 0.4) is 0 Å². The third-order valence-corrected chi connectivity index (χ3v) is 3.97. The van der Waals surface area contributed by atoms with Crippen molar-refractivity contribution >= 4 is 17.6 Å². The zero-order valence-corrected chi connectivity index (χ0v) is 13.1. The van der Waals surface area contributed by atoms with Crippen molar-refractivity contribution in [2.75, 3.05) is 11.5 Å². The van der Waals surface area contributed by atoms with Gasteiger partial charge in [0.2, 0.25) is 0 Å². The lowest BCUT2D eigenvalue weighted by Crippen LogP contribution is -2.23. The van der Waals surface area contributed by atoms with E-state index in [1.165, 1.54) is 0 Å². The molecule has 4 nitrogen and oxygen atoms in total. The van der Waals surface area contributed by atoms with Gasteiger partial charge in [0, 0.05) is 11.3 Å². The van der Waals surface area contributed by atoms with Gasteiger partial charge in [-0.25, -0.2) is 4.79 Å². The number of amides is 1. The first-order chi connectivity index (χ1) is 11.2. The SMILES string of the molecule is CCCCOC(=O)c1ccc(N2Cc3ccccc3C2=O)cc1. The van der Waals surface area contributed by atoms with Crippen LogP contribution in [0.1, 0.15) is 46.0 Å². The van der Waals surface area contributed by atoms with Gasteiger partial charge in [-0.05, 0) is 42.3 Å². The van der Waals surface area contributed by atoms with Crippen LogP contribution in [0.25, 0.3) is 0 Å². The normalized spacial score (nSPS) is 13.1. The van der Waals surface area contributed by atoms with Crippen molar-refractivity contribution in [3.8, 4) is 0 Å². The molecular weight excluding hydrogens is 290 g/mol. The summed E-state index contributed by atoms with van der Waals surface area (Å²) in [5.74, 6) is -0.320. The number of esters is 1. The number of ether oxygens (including phenoxy) is 1. The summed E-state index contributed by atoms with van der Waals surface area (Å²) in [5.41, 5.74) is 3.07. The molecule has 0 fully saturated rings. The lowest BCUT2D eigenvalue weighted by atomic mass is 10.1. The highest BCUT2D eigenvalue weighted by molar-refractivity contribution is 6.10. The smallest absolute Gasteiger partial charge is 0.338 e. The molecule has 118 valence electrons. The summed E-state index contributed by atoms with van der Waals surface area (Å²) in [5, 5.41) is 0. The second-order valence-electron chi connectivity index (χ2n) is 5.58. The van der Waals surface area contributed by atoms with E-state index in [1.807, 2.05) is 31.2 Å². The Hall–Kier alpha value is -2.62. The van der Waals surface area contributed by atoms with Gasteiger partial charge in [0.15, 0.2) is 0 Å². The number of nitrogens with zero attached hydrogens (tertiary/aromatic N) is 1. The monoisotopic (exact) mass is 309 g/mol. The molecule has 0 bridgehead atoms. The summed E-state index contributed by atoms with van der Waals surface area (Å²) >= 11 is 0. The third-order valence-electron chi connectivity index (χ3n) is 3.97. The van der Waals surface area contributed by atoms with Crippen LogP contribution in [0, 0.1) is 0 Å². The Kier molecular flexibility index (Phi) is 4.42. The predicted molar refractivity (Wildman–Crippen MR) is 88.6 cm³/mol. The van der Waals surface area contributed by atoms with Gasteiger partial charge in [0.05, 0.1) is 18.7 Å². The Bertz CT molecular complexity index is 722. The van der Waals surface area contributed by atoms with E-state index in [2.05, 4.69) is 0 Å². The average molecular weight is 309 g/mol. The van der Waals surface area contributed by atoms with Gasteiger partial charge in [-0.2, -0.15) is 0 Å². The Balaban J connectivity index is 1.71. The van der Waals surface area contributed by atoms with E-state index in [9.17, 15) is 9.59 Å². The van der Waals surface area contributed by atoms with Crippen LogP contribution in [0.4, 0.5) is 5.69 Å². The van der Waals surface area contributed by atoms with Gasteiger partial charge < -0.3 is 9.64 Å². The number of rotatable bonds is 5. The molecule has 1 aliphatic rings. The van der Waals surface area contributed by atoms with Gasteiger partial charge in [0.25, 0.3) is 5.91 Å². The zero-order chi connectivity index (χ0) is 16.2. The average Bonchev–Trinajstić information content (AvgIpc) is 2.92. The van der Waals surface area contributed by atoms with E-state index in [1.54, 1.807) is 29.2 Å². The second kappa shape index (κ2) is 6.65. The van der Waals surface area contributed by atoms with E-state index < -0.39 is 0 Å². The maximum Gasteiger partial charge on any atom is 0.338 e. The van der Waals surface area contributed by atoms with Crippen molar-refractivity contribution in [2.45, 2.75) is 26.3 Å². The fourth-order valence-corrected chi connectivity index (χ4v) is 2.63. The van der Waals surface area contributed by atoms with E-state index in [-0.39, 0.29) is 11.9 Å². The number of carbonyl (C=O) groups excluding carboxylic acids is 2. The first-order valence-electron chi connectivity index (χ1n) is 7.87. The quantitative estimate of drug-likeness (QED) is 0.623. The molecule has 0 saturated carbocycles. The lowest BCUT2D eigenvalue weighted by molar-refractivity contribution is 0.0499. The molecule has 0 saturated heterocycles. The lowest BCUT2D eigenvalue weighted by Gasteiger charge is -2.16. The van der Waals surface area contributed by atoms with Gasteiger partial charge in [-0.1, -0.05) is 31.5 Å². The standard InChI is InChI=1S/C19H19NO3/c1-2-3-12-23-19(22)14-8-10-16(11-9-14)20-13-15-6-4-5-7-17(15)18(20)21/h4-11H,2-3,12-13H2,1H3. The summed E-state index contributed by atoms with van der Waals surface area (Å²) in [4.78, 5) is 26.0. The summed E-state index contributed by atoms with van der Waals surface area (Å²) in [6.07, 6.45) is 1.86. The third kappa shape index (κ3) is 3.11. The summed E-state index contributed by atoms with van der Waals surface area (Å²) in [6.45, 7) is 3.06. The van der Waals surface area contributed by atoms with Gasteiger partial charge in [0.1, 0.15) is 0 Å². The fraction of sp³-hybridized carbons (Fsp3) is 0.263. The summed E-state index contributed by atoms with van der Waals surface area (Å²) in [7, 11) is 0. The fourth-order valence-electron chi connectivity index (χ4n) is 2.63. The highest BCUT2D eigenvalue weighted by atomic mass is 16.5. The van der Waals surface area contributed by atoms with E-state index in [0.717, 1.165) is 29.7 Å². The topological polar surface area (TPSA) is 46.6 Å². The van der Waals surface area contributed by atoms with Crippen molar-refractivity contribution in [3.05, 3.63) is 65.2 Å². The minimum absolute atomic E-state index is 0.00104. The molecule has 0 aromatic heterocycles. The van der Waals surface area contributed by atoms with Crippen LogP contribution >= 0.6 is 0 Å². The zero-order valence-electron chi connectivity index (χ0n) is 13.1. The largest absolute Gasteiger partial charge is 0.462 e. The molecular formula is C19H19NO3. The number of unbranched alkanes of at least 4 members (excludes halogenated alkanes) is 1. The minimum atomic E-state index is -0.318. The first-order valence-corrected chi connectivity index (χ1v) is 7.87. The van der Waals surface area contributed by atoms with Gasteiger partial charge >= 0.3 is 5.97 Å². The Morgan fingerprint density at radius 3 is 2.57 bits per heavy atom. The Morgan fingerprint density at radius 1 is 1.13 bits per heavy atom. The molecule has 0 N–H and O–H groups in total. The number of hydrogen-bond acceptors (Lipinski definition) is 3. The molecule has 0 unspecified atom stereocenters. The molecule has 3 rings (SSSR count). The van der Waals surface area contributed by atoms with Crippen LogP contribution in [0.5, 0.6) is 0 Å². The molecule has 0 aliphatic carbocycles. The number of benzene rings is 2. The summed E-state index contributed by atoms with van der Waals surface area (Å²) in [6, 6.07) is 14.6. The van der Waals surface area contributed by atoms with Crippen molar-refractivity contribution in [2.24, 2.45) is 0 Å². The highest BCUT2D eigenvalue weighted by Crippen LogP contribution is 2.28. The Labute approximate surface area is 135 Å². The van der Waals surface area contributed by atoms with E-state index >= 15 is 0 Å². The van der Waals surface area contributed by atoms with Crippen molar-refractivity contribution < 1.29 is 14.3 Å². The first kappa shape index (κ1) is 15.3. The number of hydrogen-bond donors (Lipinski definition) is 0. The van der Waals surface area contributed by atoms with Crippen LogP contribution < -0.4 is 4.90 Å². The molecule has 1 heterocycles. The molecule has 0 atom stereocenters. The maximum atomic E-state index is 12.4. The molecule has 23 heavy (non-hydrogen) atoms. The van der Waals surface area contributed by atoms with Crippen molar-refractivity contribution in [3.63, 3.8) is 0 Å². The molecule has 0 radical (unpaired) electrons. The minimum Gasteiger partial charge on any atom is -0.462 e.